The summed E-state index contributed by atoms with van der Waals surface area (Å²) in [6.07, 6.45) is 41.2. The van der Waals surface area contributed by atoms with Crippen molar-refractivity contribution in [1.29, 1.82) is 0 Å². The van der Waals surface area contributed by atoms with Crippen LogP contribution in [-0.4, -0.2) is 22.8 Å². The van der Waals surface area contributed by atoms with Crippen molar-refractivity contribution in [3.63, 3.8) is 0 Å². The molecule has 0 spiro atoms. The largest absolute Gasteiger partial charge is 0.643 e. The first-order valence-corrected chi connectivity index (χ1v) is 30.9. The zero-order valence-electron chi connectivity index (χ0n) is 29.1. The zero-order valence-corrected chi connectivity index (χ0v) is 36.0. The minimum atomic E-state index is -1.72. The van der Waals surface area contributed by atoms with E-state index in [2.05, 4.69) is 24.3 Å². The van der Waals surface area contributed by atoms with Crippen molar-refractivity contribution in [3.8, 4) is 0 Å². The van der Waals surface area contributed by atoms with E-state index >= 15 is 0 Å². The van der Waals surface area contributed by atoms with Crippen molar-refractivity contribution in [3.05, 3.63) is 24.3 Å². The van der Waals surface area contributed by atoms with Crippen LogP contribution < -0.4 is 0 Å². The molecule has 13 rings (SSSR count). The Bertz CT molecular complexity index is 969. The van der Waals surface area contributed by atoms with Gasteiger partial charge in [0.05, 0.1) is 0 Å². The van der Waals surface area contributed by atoms with Gasteiger partial charge in [-0.1, -0.05) is 37.1 Å². The van der Waals surface area contributed by atoms with Crippen molar-refractivity contribution in [2.45, 2.75) is 128 Å². The Balaban J connectivity index is 0.000000105. The van der Waals surface area contributed by atoms with Gasteiger partial charge in [-0.15, -0.1) is 0 Å². The molecule has 0 aliphatic heterocycles. The van der Waals surface area contributed by atoms with Gasteiger partial charge in [0.2, 0.25) is 0 Å². The third kappa shape index (κ3) is 9.38. The molecule has 0 aromatic carbocycles. The van der Waals surface area contributed by atoms with Gasteiger partial charge >= 0.3 is 22.8 Å². The second-order valence-corrected chi connectivity index (χ2v) is 31.3. The highest BCUT2D eigenvalue weighted by atomic mass is 35.8. The molecule has 12 atom stereocenters. The second kappa shape index (κ2) is 17.8. The van der Waals surface area contributed by atoms with Gasteiger partial charge in [-0.2, -0.15) is 0 Å². The first kappa shape index (κ1) is 38.6. The number of allylic oxidation sites excluding steroid dienone is 4. The summed E-state index contributed by atoms with van der Waals surface area (Å²) < 4.78 is 0. The van der Waals surface area contributed by atoms with Crippen LogP contribution in [0.25, 0.3) is 0 Å². The van der Waals surface area contributed by atoms with Crippen molar-refractivity contribution < 1.29 is 1.43 Å². The van der Waals surface area contributed by atoms with E-state index < -0.39 is 22.8 Å². The molecule has 0 nitrogen and oxygen atoms in total. The van der Waals surface area contributed by atoms with Gasteiger partial charge < -0.3 is 0 Å². The van der Waals surface area contributed by atoms with Crippen LogP contribution in [0, 0.1) is 94.7 Å². The van der Waals surface area contributed by atoms with Gasteiger partial charge in [0, 0.05) is 1.43 Å². The summed E-state index contributed by atoms with van der Waals surface area (Å²) in [5, 5.41) is 0. The van der Waals surface area contributed by atoms with E-state index in [0.29, 0.717) is 0 Å². The van der Waals surface area contributed by atoms with E-state index in [0.717, 1.165) is 23.7 Å². The molecule has 0 saturated heterocycles. The fourth-order valence-corrected chi connectivity index (χ4v) is 15.0. The summed E-state index contributed by atoms with van der Waals surface area (Å²) in [4.78, 5) is 0. The number of rotatable bonds is 0. The Morgan fingerprint density at radius 2 is 0.750 bits per heavy atom. The van der Waals surface area contributed by atoms with E-state index in [1.807, 2.05) is 0 Å². The van der Waals surface area contributed by atoms with Crippen LogP contribution >= 0.6 is 60.3 Å². The predicted molar refractivity (Wildman–Crippen MR) is 215 cm³/mol. The van der Waals surface area contributed by atoms with Gasteiger partial charge in [0.1, 0.15) is 0 Å². The maximum absolute atomic E-state index is 4.94. The van der Waals surface area contributed by atoms with E-state index in [4.69, 9.17) is 60.3 Å². The SMILES string of the molecule is C1=CC2C3C=CC(C3)C2C1.C1C2CC3CC1CC(C2)C3.C1CC2C3CCC(C3)C2C1.C1CC2C3CCC(C3)C2C1.[Cl][Al]([Cl])[Cl].[Cl][Al]([Cl])[Cl].[HH]. The molecule has 0 aromatic rings. The Kier molecular flexibility index (Phi) is 14.3. The Morgan fingerprint density at radius 3 is 1.10 bits per heavy atom. The molecule has 0 amide bonds. The lowest BCUT2D eigenvalue weighted by molar-refractivity contribution is 0.0198. The van der Waals surface area contributed by atoms with E-state index in [-0.39, 0.29) is 1.43 Å². The predicted octanol–water partition coefficient (Wildman–Crippen LogP) is 14.5. The summed E-state index contributed by atoms with van der Waals surface area (Å²) in [5.41, 5.74) is 0. The molecule has 12 unspecified atom stereocenters. The molecule has 10 bridgehead atoms. The summed E-state index contributed by atoms with van der Waals surface area (Å²) in [6.45, 7) is 0. The van der Waals surface area contributed by atoms with Gasteiger partial charge in [0.15, 0.2) is 0 Å². The van der Waals surface area contributed by atoms with E-state index in [1.165, 1.54) is 83.9 Å². The molecular weight excluding hydrogens is 747 g/mol. The molecule has 13 aliphatic rings. The first-order valence-electron chi connectivity index (χ1n) is 20.4. The first-order chi connectivity index (χ1) is 23.2. The molecular formula is C40H62Al2Cl6. The molecule has 270 valence electrons. The maximum atomic E-state index is 4.94. The lowest BCUT2D eigenvalue weighted by Crippen LogP contribution is -2.38. The maximum Gasteiger partial charge on any atom is 0.643 e. The van der Waals surface area contributed by atoms with E-state index in [9.17, 15) is 0 Å². The Labute approximate surface area is 329 Å². The van der Waals surface area contributed by atoms with Crippen molar-refractivity contribution in [2.24, 2.45) is 94.7 Å². The molecule has 8 heteroatoms. The number of hydrogen-bond acceptors (Lipinski definition) is 0. The van der Waals surface area contributed by atoms with Crippen LogP contribution in [0.2, 0.25) is 0 Å². The molecule has 0 radical (unpaired) electrons. The number of hydrogen-bond donors (Lipinski definition) is 0. The average Bonchev–Trinajstić information content (AvgIpc) is 3.91. The van der Waals surface area contributed by atoms with Crippen LogP contribution in [-0.2, 0) is 0 Å². The average molecular weight is 810 g/mol. The lowest BCUT2D eigenvalue weighted by Gasteiger charge is -2.49. The minimum absolute atomic E-state index is 0. The third-order valence-corrected chi connectivity index (χ3v) is 16.2. The molecule has 11 saturated carbocycles. The van der Waals surface area contributed by atoms with Crippen LogP contribution in [0.4, 0.5) is 0 Å². The smallest absolute Gasteiger partial charge is 0.214 e. The van der Waals surface area contributed by atoms with Crippen LogP contribution in [0.3, 0.4) is 0 Å². The van der Waals surface area contributed by atoms with Gasteiger partial charge in [-0.05, 0) is 210 Å². The quantitative estimate of drug-likeness (QED) is 0.169. The monoisotopic (exact) mass is 806 g/mol. The highest BCUT2D eigenvalue weighted by molar-refractivity contribution is 7.54. The van der Waals surface area contributed by atoms with Gasteiger partial charge in [0.25, 0.3) is 0 Å². The standard InChI is InChI=1S/3C10H16.C10H12.2Al.6ClH.H2/c1-7-2-9-4-8(1)5-10(3-7)6-9;3*1-2-9-7-4-5-8(6-7)10(9)3-1;;;;;;;;;/h3*7-10H,1-6H2;1-2,4-5,7-10H,3,6H2;;;7*1H/q;;;;2*+3;;;;;;;/p-6. The van der Waals surface area contributed by atoms with Crippen molar-refractivity contribution in [1.82, 2.24) is 0 Å². The van der Waals surface area contributed by atoms with Crippen LogP contribution in [0.1, 0.15) is 130 Å². The number of fused-ring (bicyclic) bond motifs is 15. The van der Waals surface area contributed by atoms with E-state index in [1.54, 1.807) is 116 Å². The minimum Gasteiger partial charge on any atom is -0.214 e. The summed E-state index contributed by atoms with van der Waals surface area (Å²) in [5.74, 6) is 18.1. The van der Waals surface area contributed by atoms with Gasteiger partial charge in [-0.25, -0.2) is 60.3 Å². The van der Waals surface area contributed by atoms with Crippen LogP contribution in [0.5, 0.6) is 0 Å². The van der Waals surface area contributed by atoms with Gasteiger partial charge in [-0.3, -0.25) is 0 Å². The van der Waals surface area contributed by atoms with Crippen molar-refractivity contribution >= 4 is 83.1 Å². The highest BCUT2D eigenvalue weighted by Gasteiger charge is 2.50. The number of halogens is 6. The lowest BCUT2D eigenvalue weighted by atomic mass is 9.56. The molecule has 0 aromatic heterocycles. The van der Waals surface area contributed by atoms with Crippen molar-refractivity contribution in [2.75, 3.05) is 0 Å². The summed E-state index contributed by atoms with van der Waals surface area (Å²) in [7, 11) is 29.7. The fraction of sp³-hybridized carbons (Fsp3) is 0.900. The normalized spacial score (nSPS) is 48.5. The second-order valence-electron chi connectivity index (χ2n) is 18.4. The Morgan fingerprint density at radius 1 is 0.396 bits per heavy atom. The molecule has 11 fully saturated rings. The topological polar surface area (TPSA) is 0 Å². The third-order valence-electron chi connectivity index (χ3n) is 16.2. The molecule has 0 N–H and O–H groups in total. The highest BCUT2D eigenvalue weighted by Crippen LogP contribution is 2.60. The summed E-state index contributed by atoms with van der Waals surface area (Å²) in [6, 6.07) is 0. The summed E-state index contributed by atoms with van der Waals surface area (Å²) >= 11 is -3.44. The molecule has 48 heavy (non-hydrogen) atoms. The Hall–Kier alpha value is 2.28. The molecule has 13 aliphatic carbocycles. The zero-order chi connectivity index (χ0) is 33.4. The fourth-order valence-electron chi connectivity index (χ4n) is 15.0. The molecule has 0 heterocycles. The van der Waals surface area contributed by atoms with Crippen LogP contribution in [0.15, 0.2) is 24.3 Å².